The Kier molecular flexibility index (Phi) is 16.1. The third-order valence-electron chi connectivity index (χ3n) is 4.51. The molecule has 0 spiro atoms. The molecule has 196 valence electrons. The summed E-state index contributed by atoms with van der Waals surface area (Å²) in [6.07, 6.45) is 3.39. The normalized spacial score (nSPS) is 10.3. The van der Waals surface area contributed by atoms with Gasteiger partial charge >= 0.3 is 0 Å². The molecule has 0 radical (unpaired) electrons. The number of nitrogen functional groups attached to an aromatic ring is 1. The highest BCUT2D eigenvalue weighted by atomic mass is 16.5. The number of rotatable bonds is 19. The fraction of sp³-hybridized carbons (Fsp3) is 0.565. The van der Waals surface area contributed by atoms with Crippen LogP contribution in [0.25, 0.3) is 0 Å². The first-order chi connectivity index (χ1) is 16.9. The predicted molar refractivity (Wildman–Crippen MR) is 130 cm³/mol. The van der Waals surface area contributed by atoms with Crippen LogP contribution in [0.15, 0.2) is 24.3 Å². The fourth-order valence-corrected chi connectivity index (χ4v) is 2.72. The van der Waals surface area contributed by atoms with Crippen LogP contribution in [-0.4, -0.2) is 83.3 Å². The van der Waals surface area contributed by atoms with E-state index < -0.39 is 0 Å². The maximum Gasteiger partial charge on any atom is 0.246 e. The standard InChI is InChI=1S/C23H37N5O7/c1-25-20(29)14-33-15-21(30)26-9-4-2-3-5-10-27-22(31)16-34-17-23(32)28-11-12-35-19-8-6-7-18(24)13-19/h6-8,13H,2-5,9-12,14-17,24H2,1H3,(H,25,29)(H,26,30)(H,27,31)(H,28,32). The number of hydrogen-bond acceptors (Lipinski definition) is 8. The van der Waals surface area contributed by atoms with E-state index in [1.165, 1.54) is 7.05 Å². The summed E-state index contributed by atoms with van der Waals surface area (Å²) in [6.45, 7) is 0.924. The molecule has 6 N–H and O–H groups in total. The molecule has 1 aromatic carbocycles. The number of nitrogens with one attached hydrogen (secondary N) is 4. The molecule has 0 saturated carbocycles. The molecule has 0 aliphatic heterocycles. The lowest BCUT2D eigenvalue weighted by molar-refractivity contribution is -0.132. The van der Waals surface area contributed by atoms with Gasteiger partial charge in [0.1, 0.15) is 38.8 Å². The summed E-state index contributed by atoms with van der Waals surface area (Å²) in [7, 11) is 1.50. The smallest absolute Gasteiger partial charge is 0.246 e. The molecule has 12 nitrogen and oxygen atoms in total. The van der Waals surface area contributed by atoms with E-state index in [2.05, 4.69) is 21.3 Å². The van der Waals surface area contributed by atoms with Crippen molar-refractivity contribution in [2.75, 3.05) is 65.5 Å². The number of carbonyl (C=O) groups is 4. The van der Waals surface area contributed by atoms with E-state index in [1.807, 2.05) is 0 Å². The number of amides is 4. The van der Waals surface area contributed by atoms with Crippen LogP contribution in [0.1, 0.15) is 25.7 Å². The fourth-order valence-electron chi connectivity index (χ4n) is 2.72. The molecule has 0 aliphatic rings. The van der Waals surface area contributed by atoms with E-state index in [1.54, 1.807) is 24.3 Å². The van der Waals surface area contributed by atoms with Gasteiger partial charge in [0.05, 0.1) is 6.54 Å². The van der Waals surface area contributed by atoms with Crippen molar-refractivity contribution in [1.29, 1.82) is 0 Å². The number of unbranched alkanes of at least 4 members (excludes halogenated alkanes) is 3. The first kappa shape index (κ1) is 29.7. The zero-order chi connectivity index (χ0) is 25.7. The zero-order valence-electron chi connectivity index (χ0n) is 20.2. The van der Waals surface area contributed by atoms with Crippen LogP contribution < -0.4 is 31.7 Å². The number of carbonyl (C=O) groups excluding carboxylic acids is 4. The molecule has 0 heterocycles. The SMILES string of the molecule is CNC(=O)COCC(=O)NCCCCCCNC(=O)COCC(=O)NCCOc1cccc(N)c1. The molecule has 1 aromatic rings. The summed E-state index contributed by atoms with van der Waals surface area (Å²) in [5.41, 5.74) is 6.26. The lowest BCUT2D eigenvalue weighted by atomic mass is 10.2. The molecule has 0 aromatic heterocycles. The second-order valence-electron chi connectivity index (χ2n) is 7.54. The van der Waals surface area contributed by atoms with Gasteiger partial charge in [0.15, 0.2) is 0 Å². The van der Waals surface area contributed by atoms with E-state index in [-0.39, 0.29) is 56.7 Å². The van der Waals surface area contributed by atoms with Crippen LogP contribution in [0.2, 0.25) is 0 Å². The van der Waals surface area contributed by atoms with Crippen LogP contribution in [0.4, 0.5) is 5.69 Å². The minimum absolute atomic E-state index is 0.144. The van der Waals surface area contributed by atoms with Crippen LogP contribution in [0.5, 0.6) is 5.75 Å². The Morgan fingerprint density at radius 1 is 0.743 bits per heavy atom. The molecular formula is C23H37N5O7. The molecule has 0 saturated heterocycles. The number of nitrogens with two attached hydrogens (primary N) is 1. The molecular weight excluding hydrogens is 458 g/mol. The molecule has 1 rings (SSSR count). The number of hydrogen-bond donors (Lipinski definition) is 5. The number of anilines is 1. The van der Waals surface area contributed by atoms with Crippen LogP contribution in [-0.2, 0) is 28.7 Å². The van der Waals surface area contributed by atoms with Crippen molar-refractivity contribution in [2.24, 2.45) is 0 Å². The van der Waals surface area contributed by atoms with E-state index in [0.29, 0.717) is 31.1 Å². The third kappa shape index (κ3) is 16.8. The number of likely N-dealkylation sites (N-methyl/N-ethyl adjacent to an activating group) is 1. The van der Waals surface area contributed by atoms with Gasteiger partial charge < -0.3 is 41.2 Å². The molecule has 12 heteroatoms. The average Bonchev–Trinajstić information content (AvgIpc) is 2.83. The van der Waals surface area contributed by atoms with Crippen molar-refractivity contribution in [3.05, 3.63) is 24.3 Å². The van der Waals surface area contributed by atoms with Gasteiger partial charge in [0.2, 0.25) is 23.6 Å². The van der Waals surface area contributed by atoms with Crippen molar-refractivity contribution >= 4 is 29.3 Å². The van der Waals surface area contributed by atoms with Gasteiger partial charge in [-0.1, -0.05) is 18.9 Å². The molecule has 4 amide bonds. The second kappa shape index (κ2) is 19.0. The van der Waals surface area contributed by atoms with Gasteiger partial charge in [-0.3, -0.25) is 19.2 Å². The Balaban J connectivity index is 1.89. The monoisotopic (exact) mass is 495 g/mol. The van der Waals surface area contributed by atoms with Crippen LogP contribution in [0.3, 0.4) is 0 Å². The van der Waals surface area contributed by atoms with Gasteiger partial charge in [0.25, 0.3) is 0 Å². The van der Waals surface area contributed by atoms with E-state index in [9.17, 15) is 19.2 Å². The zero-order valence-corrected chi connectivity index (χ0v) is 20.2. The molecule has 0 unspecified atom stereocenters. The molecule has 0 aliphatic carbocycles. The van der Waals surface area contributed by atoms with E-state index in [4.69, 9.17) is 19.9 Å². The maximum absolute atomic E-state index is 11.7. The Morgan fingerprint density at radius 3 is 1.77 bits per heavy atom. The van der Waals surface area contributed by atoms with Crippen molar-refractivity contribution < 1.29 is 33.4 Å². The third-order valence-corrected chi connectivity index (χ3v) is 4.51. The predicted octanol–water partition coefficient (Wildman–Crippen LogP) is -0.664. The average molecular weight is 496 g/mol. The maximum atomic E-state index is 11.7. The van der Waals surface area contributed by atoms with Gasteiger partial charge in [-0.25, -0.2) is 0 Å². The summed E-state index contributed by atoms with van der Waals surface area (Å²) >= 11 is 0. The minimum Gasteiger partial charge on any atom is -0.492 e. The first-order valence-electron chi connectivity index (χ1n) is 11.5. The quantitative estimate of drug-likeness (QED) is 0.124. The summed E-state index contributed by atoms with van der Waals surface area (Å²) in [5.74, 6) is -0.540. The van der Waals surface area contributed by atoms with Crippen LogP contribution in [0, 0.1) is 0 Å². The first-order valence-corrected chi connectivity index (χ1v) is 11.5. The number of ether oxygens (including phenoxy) is 3. The van der Waals surface area contributed by atoms with Crippen molar-refractivity contribution in [3.8, 4) is 5.75 Å². The lowest BCUT2D eigenvalue weighted by Crippen LogP contribution is -2.34. The second-order valence-corrected chi connectivity index (χ2v) is 7.54. The van der Waals surface area contributed by atoms with Crippen molar-refractivity contribution in [2.45, 2.75) is 25.7 Å². The molecule has 0 atom stereocenters. The highest BCUT2D eigenvalue weighted by Crippen LogP contribution is 2.13. The van der Waals surface area contributed by atoms with E-state index in [0.717, 1.165) is 25.7 Å². The summed E-state index contributed by atoms with van der Waals surface area (Å²) in [6, 6.07) is 7.00. The number of benzene rings is 1. The van der Waals surface area contributed by atoms with Crippen molar-refractivity contribution in [3.63, 3.8) is 0 Å². The van der Waals surface area contributed by atoms with Gasteiger partial charge in [0, 0.05) is 31.9 Å². The van der Waals surface area contributed by atoms with Gasteiger partial charge in [-0.05, 0) is 25.0 Å². The Morgan fingerprint density at radius 2 is 1.26 bits per heavy atom. The molecule has 0 fully saturated rings. The summed E-state index contributed by atoms with van der Waals surface area (Å²) in [4.78, 5) is 45.9. The Hall–Kier alpha value is -3.38. The highest BCUT2D eigenvalue weighted by Gasteiger charge is 2.06. The van der Waals surface area contributed by atoms with Crippen molar-refractivity contribution in [1.82, 2.24) is 21.3 Å². The minimum atomic E-state index is -0.334. The van der Waals surface area contributed by atoms with Gasteiger partial charge in [-0.2, -0.15) is 0 Å². The summed E-state index contributed by atoms with van der Waals surface area (Å²) in [5, 5.41) is 10.5. The Labute approximate surface area is 205 Å². The molecule has 35 heavy (non-hydrogen) atoms. The Bertz CT molecular complexity index is 791. The van der Waals surface area contributed by atoms with E-state index >= 15 is 0 Å². The highest BCUT2D eigenvalue weighted by molar-refractivity contribution is 5.80. The topological polar surface area (TPSA) is 170 Å². The summed E-state index contributed by atoms with van der Waals surface area (Å²) < 4.78 is 15.5. The van der Waals surface area contributed by atoms with Gasteiger partial charge in [-0.15, -0.1) is 0 Å². The van der Waals surface area contributed by atoms with Crippen LogP contribution >= 0.6 is 0 Å². The lowest BCUT2D eigenvalue weighted by Gasteiger charge is -2.09. The molecule has 0 bridgehead atoms. The largest absolute Gasteiger partial charge is 0.492 e.